The van der Waals surface area contributed by atoms with Crippen molar-refractivity contribution in [1.29, 1.82) is 0 Å². The molecule has 0 saturated heterocycles. The molecule has 0 radical (unpaired) electrons. The lowest BCUT2D eigenvalue weighted by atomic mass is 10.0. The van der Waals surface area contributed by atoms with Crippen LogP contribution in [0.15, 0.2) is 0 Å². The number of fused-ring (bicyclic) bond motifs is 3. The molecule has 0 bridgehead atoms. The Labute approximate surface area is 97.5 Å². The second kappa shape index (κ2) is 3.88. The van der Waals surface area contributed by atoms with Gasteiger partial charge in [-0.3, -0.25) is 4.90 Å². The summed E-state index contributed by atoms with van der Waals surface area (Å²) in [4.78, 5) is 7.36. The number of nitrogens with zero attached hydrogens (tertiary/aromatic N) is 3. The number of aryl methyl sites for hydroxylation is 1. The molecule has 3 heteroatoms. The van der Waals surface area contributed by atoms with Gasteiger partial charge in [0.15, 0.2) is 0 Å². The highest BCUT2D eigenvalue weighted by Gasteiger charge is 2.26. The lowest BCUT2D eigenvalue weighted by Gasteiger charge is -2.28. The molecular formula is C13H21N3. The van der Waals surface area contributed by atoms with Crippen molar-refractivity contribution >= 4 is 0 Å². The molecule has 1 aromatic heterocycles. The average Bonchev–Trinajstić information content (AvgIpc) is 2.66. The maximum atomic E-state index is 4.83. The zero-order chi connectivity index (χ0) is 11.1. The molecule has 0 saturated carbocycles. The Morgan fingerprint density at radius 1 is 1.38 bits per heavy atom. The van der Waals surface area contributed by atoms with Gasteiger partial charge in [0.2, 0.25) is 0 Å². The van der Waals surface area contributed by atoms with Crippen molar-refractivity contribution in [3.05, 3.63) is 17.2 Å². The highest BCUT2D eigenvalue weighted by Crippen LogP contribution is 2.26. The van der Waals surface area contributed by atoms with Crippen molar-refractivity contribution in [1.82, 2.24) is 14.5 Å². The molecule has 1 aromatic rings. The third-order valence-corrected chi connectivity index (χ3v) is 4.07. The second-order valence-electron chi connectivity index (χ2n) is 5.29. The van der Waals surface area contributed by atoms with Gasteiger partial charge in [0.05, 0.1) is 11.4 Å². The molecule has 0 amide bonds. The van der Waals surface area contributed by atoms with E-state index in [-0.39, 0.29) is 0 Å². The Kier molecular flexibility index (Phi) is 2.51. The van der Waals surface area contributed by atoms with Gasteiger partial charge < -0.3 is 4.57 Å². The quantitative estimate of drug-likeness (QED) is 0.718. The minimum Gasteiger partial charge on any atom is -0.330 e. The lowest BCUT2D eigenvalue weighted by molar-refractivity contribution is 0.253. The Morgan fingerprint density at radius 3 is 3.06 bits per heavy atom. The first kappa shape index (κ1) is 10.3. The van der Waals surface area contributed by atoms with Gasteiger partial charge in [-0.2, -0.15) is 0 Å². The van der Waals surface area contributed by atoms with E-state index >= 15 is 0 Å². The monoisotopic (exact) mass is 219 g/mol. The number of hydrogen-bond donors (Lipinski definition) is 0. The van der Waals surface area contributed by atoms with E-state index in [9.17, 15) is 0 Å². The van der Waals surface area contributed by atoms with Gasteiger partial charge in [-0.15, -0.1) is 0 Å². The summed E-state index contributed by atoms with van der Waals surface area (Å²) in [6.07, 6.45) is 3.64. The molecule has 1 unspecified atom stereocenters. The smallest absolute Gasteiger partial charge is 0.109 e. The topological polar surface area (TPSA) is 21.1 Å². The summed E-state index contributed by atoms with van der Waals surface area (Å²) >= 11 is 0. The Bertz CT molecular complexity index is 394. The molecule has 2 aliphatic rings. The van der Waals surface area contributed by atoms with Crippen LogP contribution in [0.25, 0.3) is 0 Å². The zero-order valence-electron chi connectivity index (χ0n) is 10.4. The summed E-state index contributed by atoms with van der Waals surface area (Å²) in [6.45, 7) is 9.27. The maximum absolute atomic E-state index is 4.83. The van der Waals surface area contributed by atoms with Crippen LogP contribution in [0, 0.1) is 5.92 Å². The third kappa shape index (κ3) is 1.58. The Hall–Kier alpha value is -0.830. The van der Waals surface area contributed by atoms with Crippen LogP contribution in [0.2, 0.25) is 0 Å². The fourth-order valence-electron chi connectivity index (χ4n) is 2.98. The van der Waals surface area contributed by atoms with E-state index in [0.717, 1.165) is 25.4 Å². The van der Waals surface area contributed by atoms with Gasteiger partial charge in [-0.1, -0.05) is 13.8 Å². The van der Waals surface area contributed by atoms with E-state index in [0.29, 0.717) is 0 Å². The number of aromatic nitrogens is 2. The fraction of sp³-hybridized carbons (Fsp3) is 0.769. The summed E-state index contributed by atoms with van der Waals surface area (Å²) < 4.78 is 2.51. The molecule has 3 nitrogen and oxygen atoms in total. The van der Waals surface area contributed by atoms with E-state index in [1.54, 1.807) is 0 Å². The van der Waals surface area contributed by atoms with Crippen molar-refractivity contribution in [3.63, 3.8) is 0 Å². The van der Waals surface area contributed by atoms with Crippen molar-refractivity contribution < 1.29 is 0 Å². The maximum Gasteiger partial charge on any atom is 0.109 e. The standard InChI is InChI=1S/C13H21N3/c1-3-15-7-6-11-12(9-15)16-8-10(2)4-5-13(16)14-11/h10H,3-9H2,1-2H3. The van der Waals surface area contributed by atoms with Gasteiger partial charge in [-0.05, 0) is 18.9 Å². The van der Waals surface area contributed by atoms with Crippen LogP contribution in [-0.4, -0.2) is 27.5 Å². The van der Waals surface area contributed by atoms with Crippen molar-refractivity contribution in [2.45, 2.75) is 46.2 Å². The molecule has 0 aromatic carbocycles. The second-order valence-corrected chi connectivity index (χ2v) is 5.29. The van der Waals surface area contributed by atoms with Crippen LogP contribution < -0.4 is 0 Å². The lowest BCUT2D eigenvalue weighted by Crippen LogP contribution is -2.32. The first-order chi connectivity index (χ1) is 7.78. The molecule has 0 N–H and O–H groups in total. The van der Waals surface area contributed by atoms with E-state index in [2.05, 4.69) is 23.3 Å². The molecule has 3 rings (SSSR count). The van der Waals surface area contributed by atoms with E-state index in [1.807, 2.05) is 0 Å². The normalized spacial score (nSPS) is 25.2. The average molecular weight is 219 g/mol. The minimum absolute atomic E-state index is 0.822. The molecule has 16 heavy (non-hydrogen) atoms. The van der Waals surface area contributed by atoms with Gasteiger partial charge in [-0.25, -0.2) is 4.98 Å². The van der Waals surface area contributed by atoms with Crippen molar-refractivity contribution in [2.24, 2.45) is 5.92 Å². The van der Waals surface area contributed by atoms with Gasteiger partial charge in [0.1, 0.15) is 5.82 Å². The SMILES string of the molecule is CCN1CCc2nc3n(c2C1)CC(C)CC3. The summed E-state index contributed by atoms with van der Waals surface area (Å²) in [5.74, 6) is 2.17. The predicted octanol–water partition coefficient (Wildman–Crippen LogP) is 1.84. The van der Waals surface area contributed by atoms with Crippen LogP contribution in [0.3, 0.4) is 0 Å². The van der Waals surface area contributed by atoms with Crippen LogP contribution in [-0.2, 0) is 25.9 Å². The molecule has 0 fully saturated rings. The van der Waals surface area contributed by atoms with Gasteiger partial charge in [0, 0.05) is 32.5 Å². The van der Waals surface area contributed by atoms with Crippen molar-refractivity contribution in [2.75, 3.05) is 13.1 Å². The number of rotatable bonds is 1. The van der Waals surface area contributed by atoms with E-state index < -0.39 is 0 Å². The third-order valence-electron chi connectivity index (χ3n) is 4.07. The molecular weight excluding hydrogens is 198 g/mol. The zero-order valence-corrected chi connectivity index (χ0v) is 10.4. The van der Waals surface area contributed by atoms with E-state index in [4.69, 9.17) is 4.98 Å². The van der Waals surface area contributed by atoms with Crippen LogP contribution in [0.1, 0.15) is 37.5 Å². The molecule has 1 atom stereocenters. The largest absolute Gasteiger partial charge is 0.330 e. The highest BCUT2D eigenvalue weighted by atomic mass is 15.2. The summed E-state index contributed by atoms with van der Waals surface area (Å²) in [7, 11) is 0. The van der Waals surface area contributed by atoms with Crippen LogP contribution in [0.5, 0.6) is 0 Å². The Morgan fingerprint density at radius 2 is 2.25 bits per heavy atom. The van der Waals surface area contributed by atoms with Crippen LogP contribution >= 0.6 is 0 Å². The van der Waals surface area contributed by atoms with Gasteiger partial charge in [0.25, 0.3) is 0 Å². The molecule has 0 spiro atoms. The molecule has 88 valence electrons. The molecule has 0 aliphatic carbocycles. The highest BCUT2D eigenvalue weighted by molar-refractivity contribution is 5.21. The number of hydrogen-bond acceptors (Lipinski definition) is 2. The number of imidazole rings is 1. The fourth-order valence-corrected chi connectivity index (χ4v) is 2.98. The summed E-state index contributed by atoms with van der Waals surface area (Å²) in [6, 6.07) is 0. The predicted molar refractivity (Wildman–Crippen MR) is 64.4 cm³/mol. The first-order valence-electron chi connectivity index (χ1n) is 6.57. The van der Waals surface area contributed by atoms with E-state index in [1.165, 1.54) is 43.1 Å². The molecule has 2 aliphatic heterocycles. The van der Waals surface area contributed by atoms with Gasteiger partial charge >= 0.3 is 0 Å². The van der Waals surface area contributed by atoms with Crippen molar-refractivity contribution in [3.8, 4) is 0 Å². The molecule has 3 heterocycles. The van der Waals surface area contributed by atoms with Crippen LogP contribution in [0.4, 0.5) is 0 Å². The minimum atomic E-state index is 0.822. The first-order valence-corrected chi connectivity index (χ1v) is 6.57. The summed E-state index contributed by atoms with van der Waals surface area (Å²) in [5, 5.41) is 0. The summed E-state index contributed by atoms with van der Waals surface area (Å²) in [5.41, 5.74) is 2.89. The Balaban J connectivity index is 1.95. The number of likely N-dealkylation sites (N-methyl/N-ethyl adjacent to an activating group) is 1.